The van der Waals surface area contributed by atoms with E-state index in [-0.39, 0.29) is 6.54 Å². The Hall–Kier alpha value is -1.39. The van der Waals surface area contributed by atoms with Gasteiger partial charge in [0.1, 0.15) is 0 Å². The fourth-order valence-corrected chi connectivity index (χ4v) is 1.84. The summed E-state index contributed by atoms with van der Waals surface area (Å²) in [5.74, 6) is -1.07. The summed E-state index contributed by atoms with van der Waals surface area (Å²) in [5.41, 5.74) is 7.39. The van der Waals surface area contributed by atoms with Crippen molar-refractivity contribution in [2.24, 2.45) is 5.73 Å². The van der Waals surface area contributed by atoms with Crippen LogP contribution in [0.5, 0.6) is 0 Å². The molecule has 0 radical (unpaired) electrons. The molecule has 1 saturated heterocycles. The van der Waals surface area contributed by atoms with Crippen LogP contribution >= 0.6 is 0 Å². The van der Waals surface area contributed by atoms with Crippen LogP contribution in [-0.4, -0.2) is 30.8 Å². The minimum atomic E-state index is -0.871. The average Bonchev–Trinajstić information content (AvgIpc) is 2.16. The Morgan fingerprint density at radius 3 is 2.81 bits per heavy atom. The standard InChI is InChI=1S/C12H15NO3/c13-5-11(12(14)15)9-3-1-2-8(4-9)10-6-16-7-10/h1-4,10-11H,5-7,13H2,(H,14,15). The summed E-state index contributed by atoms with van der Waals surface area (Å²) in [6, 6.07) is 7.63. The van der Waals surface area contributed by atoms with E-state index in [1.54, 1.807) is 0 Å². The highest BCUT2D eigenvalue weighted by molar-refractivity contribution is 5.76. The van der Waals surface area contributed by atoms with Crippen molar-refractivity contribution in [2.75, 3.05) is 19.8 Å². The molecule has 0 aromatic heterocycles. The van der Waals surface area contributed by atoms with Crippen molar-refractivity contribution < 1.29 is 14.6 Å². The molecule has 1 heterocycles. The number of benzene rings is 1. The lowest BCUT2D eigenvalue weighted by Gasteiger charge is -2.27. The van der Waals surface area contributed by atoms with Crippen LogP contribution in [0, 0.1) is 0 Å². The quantitative estimate of drug-likeness (QED) is 0.793. The highest BCUT2D eigenvalue weighted by Gasteiger charge is 2.23. The first kappa shape index (κ1) is 11.1. The molecular weight excluding hydrogens is 206 g/mol. The van der Waals surface area contributed by atoms with E-state index < -0.39 is 11.9 Å². The van der Waals surface area contributed by atoms with E-state index in [0.717, 1.165) is 24.3 Å². The molecule has 2 rings (SSSR count). The molecule has 0 amide bonds. The zero-order valence-electron chi connectivity index (χ0n) is 8.93. The zero-order valence-corrected chi connectivity index (χ0v) is 8.93. The number of ether oxygens (including phenoxy) is 1. The second kappa shape index (κ2) is 4.63. The van der Waals surface area contributed by atoms with Gasteiger partial charge in [-0.25, -0.2) is 0 Å². The Kier molecular flexibility index (Phi) is 3.22. The summed E-state index contributed by atoms with van der Waals surface area (Å²) in [5, 5.41) is 9.02. The Morgan fingerprint density at radius 2 is 2.31 bits per heavy atom. The molecule has 16 heavy (non-hydrogen) atoms. The van der Waals surface area contributed by atoms with Crippen molar-refractivity contribution in [3.63, 3.8) is 0 Å². The Balaban J connectivity index is 2.23. The van der Waals surface area contributed by atoms with E-state index in [1.807, 2.05) is 24.3 Å². The minimum Gasteiger partial charge on any atom is -0.481 e. The first-order valence-electron chi connectivity index (χ1n) is 5.33. The first-order valence-corrected chi connectivity index (χ1v) is 5.33. The van der Waals surface area contributed by atoms with E-state index in [4.69, 9.17) is 15.6 Å². The van der Waals surface area contributed by atoms with E-state index in [9.17, 15) is 4.79 Å². The molecule has 1 aliphatic heterocycles. The van der Waals surface area contributed by atoms with Gasteiger partial charge < -0.3 is 15.6 Å². The molecule has 1 atom stereocenters. The lowest BCUT2D eigenvalue weighted by atomic mass is 9.91. The average molecular weight is 221 g/mol. The monoisotopic (exact) mass is 221 g/mol. The lowest BCUT2D eigenvalue weighted by molar-refractivity contribution is -0.138. The Morgan fingerprint density at radius 1 is 1.56 bits per heavy atom. The molecule has 0 aliphatic carbocycles. The van der Waals surface area contributed by atoms with Gasteiger partial charge in [-0.1, -0.05) is 24.3 Å². The second-order valence-electron chi connectivity index (χ2n) is 4.03. The van der Waals surface area contributed by atoms with Gasteiger partial charge in [-0.15, -0.1) is 0 Å². The fourth-order valence-electron chi connectivity index (χ4n) is 1.84. The first-order chi connectivity index (χ1) is 7.72. The van der Waals surface area contributed by atoms with Crippen molar-refractivity contribution in [3.8, 4) is 0 Å². The number of carboxylic acids is 1. The number of rotatable bonds is 4. The molecular formula is C12H15NO3. The number of carbonyl (C=O) groups is 1. The van der Waals surface area contributed by atoms with Crippen molar-refractivity contribution >= 4 is 5.97 Å². The van der Waals surface area contributed by atoms with Crippen LogP contribution in [-0.2, 0) is 9.53 Å². The maximum atomic E-state index is 11.0. The zero-order chi connectivity index (χ0) is 11.5. The molecule has 3 N–H and O–H groups in total. The van der Waals surface area contributed by atoms with Gasteiger partial charge in [0.2, 0.25) is 0 Å². The summed E-state index contributed by atoms with van der Waals surface area (Å²) in [4.78, 5) is 11.0. The van der Waals surface area contributed by atoms with Crippen LogP contribution in [0.4, 0.5) is 0 Å². The summed E-state index contributed by atoms with van der Waals surface area (Å²) >= 11 is 0. The molecule has 1 unspecified atom stereocenters. The van der Waals surface area contributed by atoms with E-state index in [2.05, 4.69) is 0 Å². The van der Waals surface area contributed by atoms with Crippen molar-refractivity contribution in [1.29, 1.82) is 0 Å². The Labute approximate surface area is 94.0 Å². The summed E-state index contributed by atoms with van der Waals surface area (Å²) in [6.07, 6.45) is 0. The van der Waals surface area contributed by atoms with Gasteiger partial charge in [0.15, 0.2) is 0 Å². The summed E-state index contributed by atoms with van der Waals surface area (Å²) in [7, 11) is 0. The SMILES string of the molecule is NCC(C(=O)O)c1cccc(C2COC2)c1. The molecule has 1 aromatic rings. The second-order valence-corrected chi connectivity index (χ2v) is 4.03. The molecule has 4 heteroatoms. The molecule has 4 nitrogen and oxygen atoms in total. The fraction of sp³-hybridized carbons (Fsp3) is 0.417. The predicted octanol–water partition coefficient (Wildman–Crippen LogP) is 0.927. The van der Waals surface area contributed by atoms with Gasteiger partial charge in [0, 0.05) is 12.5 Å². The molecule has 1 aliphatic rings. The van der Waals surface area contributed by atoms with E-state index in [1.165, 1.54) is 0 Å². The highest BCUT2D eigenvalue weighted by Crippen LogP contribution is 2.26. The number of carboxylic acid groups (broad SMARTS) is 1. The summed E-state index contributed by atoms with van der Waals surface area (Å²) in [6.45, 7) is 1.58. The van der Waals surface area contributed by atoms with Gasteiger partial charge in [-0.2, -0.15) is 0 Å². The Bertz CT molecular complexity index is 388. The van der Waals surface area contributed by atoms with Crippen molar-refractivity contribution in [1.82, 2.24) is 0 Å². The third-order valence-corrected chi connectivity index (χ3v) is 2.96. The highest BCUT2D eigenvalue weighted by atomic mass is 16.5. The number of aliphatic carboxylic acids is 1. The van der Waals surface area contributed by atoms with E-state index in [0.29, 0.717) is 5.92 Å². The van der Waals surface area contributed by atoms with Gasteiger partial charge in [0.05, 0.1) is 19.1 Å². The molecule has 1 aromatic carbocycles. The van der Waals surface area contributed by atoms with Crippen LogP contribution < -0.4 is 5.73 Å². The van der Waals surface area contributed by atoms with Crippen LogP contribution in [0.3, 0.4) is 0 Å². The largest absolute Gasteiger partial charge is 0.481 e. The molecule has 0 bridgehead atoms. The van der Waals surface area contributed by atoms with Crippen LogP contribution in [0.25, 0.3) is 0 Å². The predicted molar refractivity (Wildman–Crippen MR) is 59.4 cm³/mol. The number of hydrogen-bond donors (Lipinski definition) is 2. The van der Waals surface area contributed by atoms with Gasteiger partial charge in [0.25, 0.3) is 0 Å². The van der Waals surface area contributed by atoms with Gasteiger partial charge >= 0.3 is 5.97 Å². The van der Waals surface area contributed by atoms with Crippen LogP contribution in [0.2, 0.25) is 0 Å². The smallest absolute Gasteiger partial charge is 0.312 e. The van der Waals surface area contributed by atoms with Crippen LogP contribution in [0.15, 0.2) is 24.3 Å². The maximum absolute atomic E-state index is 11.0. The topological polar surface area (TPSA) is 72.6 Å². The third-order valence-electron chi connectivity index (χ3n) is 2.96. The molecule has 0 spiro atoms. The lowest BCUT2D eigenvalue weighted by Crippen LogP contribution is -2.26. The van der Waals surface area contributed by atoms with Crippen molar-refractivity contribution in [2.45, 2.75) is 11.8 Å². The molecule has 0 saturated carbocycles. The van der Waals surface area contributed by atoms with Crippen LogP contribution in [0.1, 0.15) is 23.0 Å². The third kappa shape index (κ3) is 2.08. The molecule has 86 valence electrons. The van der Waals surface area contributed by atoms with Gasteiger partial charge in [-0.05, 0) is 11.1 Å². The molecule has 1 fully saturated rings. The number of nitrogens with two attached hydrogens (primary N) is 1. The maximum Gasteiger partial charge on any atom is 0.312 e. The number of hydrogen-bond acceptors (Lipinski definition) is 3. The van der Waals surface area contributed by atoms with Gasteiger partial charge in [-0.3, -0.25) is 4.79 Å². The van der Waals surface area contributed by atoms with E-state index >= 15 is 0 Å². The normalized spacial score (nSPS) is 17.8. The summed E-state index contributed by atoms with van der Waals surface area (Å²) < 4.78 is 5.12. The minimum absolute atomic E-state index is 0.125. The van der Waals surface area contributed by atoms with Crippen molar-refractivity contribution in [3.05, 3.63) is 35.4 Å².